The number of aromatic amines is 2. The molecule has 116 heavy (non-hydrogen) atoms. The molecule has 2 N–H and O–H groups in total. The van der Waals surface area contributed by atoms with Gasteiger partial charge in [0, 0.05) is 56.4 Å². The van der Waals surface area contributed by atoms with Gasteiger partial charge in [0.05, 0.1) is 10.8 Å². The molecule has 8 bridgehead atoms. The Morgan fingerprint density at radius 2 is 0.595 bits per heavy atom. The average Bonchev–Trinajstić information content (AvgIpc) is 1.38. The average molecular weight is 1460 g/mol. The van der Waals surface area contributed by atoms with Gasteiger partial charge in [-0.25, -0.2) is 29.9 Å². The number of nitrogens with one attached hydrogen (secondary N) is 2. The molecule has 520 valence electrons. The fraction of sp³-hybridized carbons (Fsp3) is 0.159. The van der Waals surface area contributed by atoms with Gasteiger partial charge < -0.3 is 9.97 Å². The van der Waals surface area contributed by atoms with Crippen LogP contribution < -0.4 is 0 Å². The summed E-state index contributed by atoms with van der Waals surface area (Å²) in [5.74, 6) is 2.50. The molecule has 32 aromatic carbocycles. The Hall–Kier alpha value is -13.3. The molecule has 0 radical (unpaired) electrons. The van der Waals surface area contributed by atoms with Gasteiger partial charge in [-0.15, -0.1) is 0 Å². The molecule has 3 aliphatic heterocycles. The highest BCUT2D eigenvalue weighted by Gasteiger charge is 2.76. The monoisotopic (exact) mass is 1460 g/mol. The maximum Gasteiger partial charge on any atom is 0.164 e. The minimum atomic E-state index is -0.576. The molecule has 3 aromatic heterocycles. The molecule has 3 atom stereocenters. The van der Waals surface area contributed by atoms with Crippen LogP contribution in [0.3, 0.4) is 0 Å². The number of likely N-dealkylation sites (tertiary alicyclic amines) is 1. The highest BCUT2D eigenvalue weighted by molar-refractivity contribution is 6.82. The van der Waals surface area contributed by atoms with Gasteiger partial charge in [0.25, 0.3) is 0 Å². The van der Waals surface area contributed by atoms with Gasteiger partial charge in [-0.05, 0) is 377 Å². The summed E-state index contributed by atoms with van der Waals surface area (Å²) >= 11 is 0. The van der Waals surface area contributed by atoms with E-state index in [1.165, 1.54) is 22.3 Å². The first-order valence-corrected chi connectivity index (χ1v) is 42.3. The van der Waals surface area contributed by atoms with Gasteiger partial charge in [0.15, 0.2) is 23.3 Å². The third-order valence-corrected chi connectivity index (χ3v) is 35.6. The summed E-state index contributed by atoms with van der Waals surface area (Å²) in [6.45, 7) is 21.5. The number of hydrogen-bond donors (Lipinski definition) is 2. The van der Waals surface area contributed by atoms with Crippen LogP contribution in [0.25, 0.3) is 381 Å². The molecule has 4 aliphatic carbocycles. The van der Waals surface area contributed by atoms with Crippen LogP contribution in [0, 0.1) is 0 Å². The van der Waals surface area contributed by atoms with Crippen molar-refractivity contribution in [1.29, 1.82) is 0 Å². The zero-order valence-electron chi connectivity index (χ0n) is 63.8. The fourth-order valence-corrected chi connectivity index (χ4v) is 33.1. The fourth-order valence-electron chi connectivity index (χ4n) is 33.1. The number of nitrogens with zero attached hydrogens (tertiary/aromatic N) is 7. The van der Waals surface area contributed by atoms with E-state index in [0.717, 1.165) is 56.0 Å². The first-order chi connectivity index (χ1) is 56.5. The van der Waals surface area contributed by atoms with Crippen LogP contribution in [0.4, 0.5) is 0 Å². The number of H-pyrrole nitrogens is 2. The molecule has 0 saturated carbocycles. The van der Waals surface area contributed by atoms with E-state index >= 15 is 0 Å². The maximum absolute atomic E-state index is 6.01. The van der Waals surface area contributed by atoms with Crippen LogP contribution in [0.15, 0.2) is 72.8 Å². The highest BCUT2D eigenvalue weighted by Crippen LogP contribution is 2.87. The van der Waals surface area contributed by atoms with E-state index in [9.17, 15) is 0 Å². The first kappa shape index (κ1) is 52.1. The first-order valence-electron chi connectivity index (χ1n) is 42.3. The van der Waals surface area contributed by atoms with Crippen LogP contribution in [0.2, 0.25) is 0 Å². The van der Waals surface area contributed by atoms with E-state index in [1.54, 1.807) is 313 Å². The SMILES string of the molecule is CN1CC23c4c5c6c7c8c9c(c%10c%11c2c2c%12c4c4c%13c5c5c7c7c8c8c%14c9c%10c9c%10c%11c2c2c%11c%12c4c4c%12c%13c5c5c7c7c8c8c%14c9c9c%10c2c2c%11c4c4c%12c5c7c5c8c9c2c45)C63C1c1ccc2c(c1)-c1nc-2nc2[nH]c(nc3nc(nc4[nH]c(n1)c1cccc(C(C)(C)C)c41)-c1ccc(C(C)(C)C)cc1-3)c1ccc(C(C)(C)C)cc21. The number of aromatic nitrogens is 8. The van der Waals surface area contributed by atoms with Gasteiger partial charge in [-0.3, -0.25) is 4.90 Å². The van der Waals surface area contributed by atoms with E-state index in [-0.39, 0.29) is 22.3 Å². The minimum Gasteiger partial charge on any atom is -0.324 e. The Kier molecular flexibility index (Phi) is 6.00. The van der Waals surface area contributed by atoms with Gasteiger partial charge in [0.2, 0.25) is 0 Å². The summed E-state index contributed by atoms with van der Waals surface area (Å²) in [6, 6.07) is 27.8. The Balaban J connectivity index is 0.697. The quantitative estimate of drug-likeness (QED) is 0.157. The van der Waals surface area contributed by atoms with E-state index in [0.29, 0.717) is 40.2 Å². The van der Waals surface area contributed by atoms with Crippen LogP contribution in [-0.2, 0) is 27.1 Å². The lowest BCUT2D eigenvalue weighted by atomic mass is 9.49. The number of benzene rings is 21. The van der Waals surface area contributed by atoms with E-state index < -0.39 is 10.8 Å². The van der Waals surface area contributed by atoms with Crippen molar-refractivity contribution in [2.45, 2.75) is 95.4 Å². The lowest BCUT2D eigenvalue weighted by molar-refractivity contribution is 0.272. The van der Waals surface area contributed by atoms with Crippen molar-refractivity contribution in [3.8, 4) is 45.6 Å². The third-order valence-electron chi connectivity index (χ3n) is 35.6. The molecule has 0 amide bonds. The Morgan fingerprint density at radius 3 is 1.04 bits per heavy atom. The summed E-state index contributed by atoms with van der Waals surface area (Å²) in [7, 11) is 2.57. The summed E-state index contributed by atoms with van der Waals surface area (Å²) in [5.41, 5.74) is 16.8. The van der Waals surface area contributed by atoms with Crippen LogP contribution in [-0.4, -0.2) is 58.4 Å². The number of rotatable bonds is 1. The molecule has 7 aliphatic rings. The molecule has 1 saturated heterocycles. The molecule has 42 rings (SSSR count). The van der Waals surface area contributed by atoms with Gasteiger partial charge in [0.1, 0.15) is 22.6 Å². The van der Waals surface area contributed by atoms with Crippen molar-refractivity contribution < 1.29 is 0 Å². The molecule has 3 unspecified atom stereocenters. The van der Waals surface area contributed by atoms with Crippen LogP contribution in [0.5, 0.6) is 0 Å². The van der Waals surface area contributed by atoms with Crippen molar-refractivity contribution in [3.05, 3.63) is 117 Å². The number of hydrogen-bond acceptors (Lipinski definition) is 7. The zero-order chi connectivity index (χ0) is 73.5. The lowest BCUT2D eigenvalue weighted by Gasteiger charge is -2.50. The zero-order valence-corrected chi connectivity index (χ0v) is 63.8. The molecular formula is C107H47N9. The smallest absolute Gasteiger partial charge is 0.164 e. The van der Waals surface area contributed by atoms with Crippen molar-refractivity contribution in [1.82, 2.24) is 44.8 Å². The van der Waals surface area contributed by atoms with Crippen LogP contribution >= 0.6 is 0 Å². The van der Waals surface area contributed by atoms with E-state index in [2.05, 4.69) is 157 Å². The number of fused-ring (bicyclic) bond motifs is 20. The van der Waals surface area contributed by atoms with Gasteiger partial charge >= 0.3 is 0 Å². The second-order valence-corrected chi connectivity index (χ2v) is 42.2. The molecule has 2 spiro atoms. The largest absolute Gasteiger partial charge is 0.324 e. The molecule has 6 heterocycles. The van der Waals surface area contributed by atoms with Crippen molar-refractivity contribution in [2.75, 3.05) is 13.6 Å². The molecule has 9 nitrogen and oxygen atoms in total. The maximum atomic E-state index is 6.01. The van der Waals surface area contributed by atoms with Crippen LogP contribution in [0.1, 0.15) is 113 Å². The second kappa shape index (κ2) is 13.4. The Labute approximate surface area is 647 Å². The summed E-state index contributed by atoms with van der Waals surface area (Å²) in [5, 5.41) is 91.5. The van der Waals surface area contributed by atoms with Gasteiger partial charge in [-0.1, -0.05) is 117 Å². The van der Waals surface area contributed by atoms with Gasteiger partial charge in [-0.2, -0.15) is 0 Å². The summed E-state index contributed by atoms with van der Waals surface area (Å²) in [6.07, 6.45) is 0. The third kappa shape index (κ3) is 3.79. The van der Waals surface area contributed by atoms with Crippen molar-refractivity contribution in [3.63, 3.8) is 0 Å². The molecule has 35 aromatic rings. The minimum absolute atomic E-state index is 0.121. The molecule has 9 heteroatoms. The lowest BCUT2D eigenvalue weighted by Crippen LogP contribution is -2.50. The predicted molar refractivity (Wildman–Crippen MR) is 481 cm³/mol. The normalized spacial score (nSPS) is 19.9. The number of likely N-dealkylation sites (N-methyl/N-ethyl adjacent to an activating group) is 1. The van der Waals surface area contributed by atoms with Crippen molar-refractivity contribution >= 4 is 335 Å². The summed E-state index contributed by atoms with van der Waals surface area (Å²) < 4.78 is 0. The van der Waals surface area contributed by atoms with Crippen molar-refractivity contribution in [2.24, 2.45) is 0 Å². The second-order valence-electron chi connectivity index (χ2n) is 42.2. The van der Waals surface area contributed by atoms with E-state index in [1.807, 2.05) is 0 Å². The Morgan fingerprint density at radius 1 is 0.276 bits per heavy atom. The summed E-state index contributed by atoms with van der Waals surface area (Å²) in [4.78, 5) is 45.4. The highest BCUT2D eigenvalue weighted by atomic mass is 15.2. The standard InChI is InChI=1S/C107H47N9/c1-103(2,3)25-15-18-28-32(21-25)100-109-95-27-17-14-24(20-31(27)99(108-95)113-98-30-12-11-13-34(105(7,8)9)35(30)102(115-98)114-97-29-19-16-26(104(4,5)6)22-33(29)101(112-97)111-96(28)110-100)94-107-92-85-77-65-57-48-39-37-36-38-42(39)51-58-56-47(38)49-45-40(36)43-44-41(37)46-50(48)63(65)71-69-55(46)53(44)61-60-52(43)54(45)68-70-62(49)64(56)76-78-66(58)67(59(51)57)79(77)88(92)87(78)90-83(76)81(70)84-74(68)72(60)80-73(61)75(69)86(82(71)85)93(107)89(80)91(84)106(90,107)23-116(94)10/h11-22,94H,23H2,1-10H3,(H2,108,109,110,111,112,113,114,115). The molecule has 1 fully saturated rings. The predicted octanol–water partition coefficient (Wildman–Crippen LogP) is 27.1. The topological polar surface area (TPSA) is 112 Å². The molecular weight excluding hydrogens is 1410 g/mol. The Bertz CT molecular complexity index is 11100. The van der Waals surface area contributed by atoms with E-state index in [4.69, 9.17) is 29.9 Å².